The highest BCUT2D eigenvalue weighted by molar-refractivity contribution is 6.02. The molecule has 0 aromatic heterocycles. The van der Waals surface area contributed by atoms with E-state index in [0.717, 1.165) is 16.7 Å². The van der Waals surface area contributed by atoms with E-state index in [1.165, 1.54) is 12.1 Å². The highest BCUT2D eigenvalue weighted by Gasteiger charge is 2.14. The number of urea groups is 2. The molecule has 0 heterocycles. The van der Waals surface area contributed by atoms with Gasteiger partial charge in [0.15, 0.2) is 6.61 Å². The molecule has 0 atom stereocenters. The summed E-state index contributed by atoms with van der Waals surface area (Å²) in [6.07, 6.45) is 0. The first-order valence-corrected chi connectivity index (χ1v) is 10.1. The van der Waals surface area contributed by atoms with Crippen LogP contribution in [0.15, 0.2) is 42.5 Å². The summed E-state index contributed by atoms with van der Waals surface area (Å²) < 4.78 is 4.95. The SMILES string of the molecule is Cc1cccc(NC(=O)NC(=O)COC(=O)c2ccc(CNC(=O)NC(C)C)cc2)c1C. The lowest BCUT2D eigenvalue weighted by Crippen LogP contribution is -2.39. The Balaban J connectivity index is 1.77. The van der Waals surface area contributed by atoms with Crippen molar-refractivity contribution in [3.05, 3.63) is 64.7 Å². The lowest BCUT2D eigenvalue weighted by molar-refractivity contribution is -0.123. The van der Waals surface area contributed by atoms with Crippen molar-refractivity contribution in [1.29, 1.82) is 0 Å². The quantitative estimate of drug-likeness (QED) is 0.493. The normalized spacial score (nSPS) is 10.3. The van der Waals surface area contributed by atoms with Crippen LogP contribution in [0.1, 0.15) is 40.9 Å². The van der Waals surface area contributed by atoms with E-state index in [1.807, 2.05) is 33.8 Å². The molecule has 4 N–H and O–H groups in total. The van der Waals surface area contributed by atoms with Crippen LogP contribution in [-0.2, 0) is 16.1 Å². The van der Waals surface area contributed by atoms with Gasteiger partial charge in [0, 0.05) is 18.3 Å². The van der Waals surface area contributed by atoms with Crippen molar-refractivity contribution in [2.24, 2.45) is 0 Å². The molecule has 0 aliphatic rings. The number of esters is 1. The standard InChI is InChI=1S/C23H28N4O5/c1-14(2)25-22(30)24-12-17-8-10-18(11-9-17)21(29)32-13-20(28)27-23(31)26-19-7-5-6-15(3)16(19)4/h5-11,14H,12-13H2,1-4H3,(H2,24,25,30)(H2,26,27,28,31). The first-order valence-electron chi connectivity index (χ1n) is 10.1. The van der Waals surface area contributed by atoms with E-state index in [9.17, 15) is 19.2 Å². The molecule has 0 radical (unpaired) electrons. The van der Waals surface area contributed by atoms with Crippen LogP contribution in [0.25, 0.3) is 0 Å². The van der Waals surface area contributed by atoms with Crippen LogP contribution in [-0.4, -0.2) is 36.6 Å². The summed E-state index contributed by atoms with van der Waals surface area (Å²) in [6.45, 7) is 7.19. The highest BCUT2D eigenvalue weighted by Crippen LogP contribution is 2.17. The second-order valence-corrected chi connectivity index (χ2v) is 7.50. The van der Waals surface area contributed by atoms with Gasteiger partial charge in [-0.2, -0.15) is 0 Å². The minimum Gasteiger partial charge on any atom is -0.452 e. The predicted octanol–water partition coefficient (Wildman–Crippen LogP) is 3.02. The van der Waals surface area contributed by atoms with Gasteiger partial charge in [0.2, 0.25) is 0 Å². The molecule has 0 aliphatic heterocycles. The van der Waals surface area contributed by atoms with Gasteiger partial charge in [-0.1, -0.05) is 24.3 Å². The summed E-state index contributed by atoms with van der Waals surface area (Å²) in [5.74, 6) is -1.45. The number of imide groups is 1. The summed E-state index contributed by atoms with van der Waals surface area (Å²) in [5, 5.41) is 10.1. The minimum atomic E-state index is -0.752. The highest BCUT2D eigenvalue weighted by atomic mass is 16.5. The van der Waals surface area contributed by atoms with Gasteiger partial charge in [0.05, 0.1) is 5.56 Å². The molecule has 2 aromatic rings. The molecule has 0 unspecified atom stereocenters. The number of ether oxygens (including phenoxy) is 1. The molecular formula is C23H28N4O5. The third kappa shape index (κ3) is 7.75. The average molecular weight is 441 g/mol. The van der Waals surface area contributed by atoms with Crippen molar-refractivity contribution < 1.29 is 23.9 Å². The molecule has 9 nitrogen and oxygen atoms in total. The van der Waals surface area contributed by atoms with Crippen molar-refractivity contribution >= 4 is 29.6 Å². The molecule has 2 aromatic carbocycles. The maximum absolute atomic E-state index is 12.1. The number of hydrogen-bond donors (Lipinski definition) is 4. The summed E-state index contributed by atoms with van der Waals surface area (Å²) in [5.41, 5.74) is 3.52. The molecule has 0 bridgehead atoms. The number of rotatable bonds is 7. The van der Waals surface area contributed by atoms with Gasteiger partial charge in [-0.05, 0) is 62.6 Å². The Kier molecular flexibility index (Phi) is 8.76. The molecule has 0 aliphatic carbocycles. The fraction of sp³-hybridized carbons (Fsp3) is 0.304. The number of amides is 5. The Bertz CT molecular complexity index is 986. The third-order valence-electron chi connectivity index (χ3n) is 4.50. The van der Waals surface area contributed by atoms with Crippen LogP contribution in [0.5, 0.6) is 0 Å². The van der Waals surface area contributed by atoms with Crippen molar-refractivity contribution in [2.45, 2.75) is 40.3 Å². The van der Waals surface area contributed by atoms with Gasteiger partial charge >= 0.3 is 18.0 Å². The molecule has 5 amide bonds. The predicted molar refractivity (Wildman–Crippen MR) is 120 cm³/mol. The molecule has 0 saturated heterocycles. The molecule has 2 rings (SSSR count). The second kappa shape index (κ2) is 11.5. The zero-order chi connectivity index (χ0) is 23.7. The van der Waals surface area contributed by atoms with Crippen LogP contribution in [0.4, 0.5) is 15.3 Å². The van der Waals surface area contributed by atoms with E-state index in [-0.39, 0.29) is 17.6 Å². The zero-order valence-electron chi connectivity index (χ0n) is 18.6. The molecule has 170 valence electrons. The Hall–Kier alpha value is -3.88. The Morgan fingerprint density at radius 1 is 0.938 bits per heavy atom. The summed E-state index contributed by atoms with van der Waals surface area (Å²) in [4.78, 5) is 47.6. The number of benzene rings is 2. The van der Waals surface area contributed by atoms with Crippen molar-refractivity contribution in [2.75, 3.05) is 11.9 Å². The van der Waals surface area contributed by atoms with E-state index in [4.69, 9.17) is 4.74 Å². The third-order valence-corrected chi connectivity index (χ3v) is 4.50. The van der Waals surface area contributed by atoms with Gasteiger partial charge in [0.25, 0.3) is 5.91 Å². The van der Waals surface area contributed by atoms with Crippen LogP contribution in [0.2, 0.25) is 0 Å². The number of aryl methyl sites for hydroxylation is 1. The maximum Gasteiger partial charge on any atom is 0.338 e. The van der Waals surface area contributed by atoms with Gasteiger partial charge in [-0.25, -0.2) is 14.4 Å². The Morgan fingerprint density at radius 3 is 2.28 bits per heavy atom. The van der Waals surface area contributed by atoms with Gasteiger partial charge in [0.1, 0.15) is 0 Å². The zero-order valence-corrected chi connectivity index (χ0v) is 18.6. The fourth-order valence-corrected chi connectivity index (χ4v) is 2.67. The molecule has 32 heavy (non-hydrogen) atoms. The lowest BCUT2D eigenvalue weighted by Gasteiger charge is -2.11. The molecular weight excluding hydrogens is 412 g/mol. The number of carbonyl (C=O) groups is 4. The molecule has 0 fully saturated rings. The molecule has 0 saturated carbocycles. The van der Waals surface area contributed by atoms with Gasteiger partial charge in [-0.3, -0.25) is 10.1 Å². The van der Waals surface area contributed by atoms with Crippen molar-refractivity contribution in [3.63, 3.8) is 0 Å². The van der Waals surface area contributed by atoms with Crippen LogP contribution in [0.3, 0.4) is 0 Å². The van der Waals surface area contributed by atoms with E-state index < -0.39 is 24.5 Å². The molecule has 0 spiro atoms. The smallest absolute Gasteiger partial charge is 0.338 e. The lowest BCUT2D eigenvalue weighted by atomic mass is 10.1. The van der Waals surface area contributed by atoms with Gasteiger partial charge in [-0.15, -0.1) is 0 Å². The number of carbonyl (C=O) groups excluding carboxylic acids is 4. The second-order valence-electron chi connectivity index (χ2n) is 7.50. The Labute approximate surface area is 186 Å². The maximum atomic E-state index is 12.1. The summed E-state index contributed by atoms with van der Waals surface area (Å²) >= 11 is 0. The van der Waals surface area contributed by atoms with Crippen molar-refractivity contribution in [1.82, 2.24) is 16.0 Å². The van der Waals surface area contributed by atoms with E-state index in [2.05, 4.69) is 21.3 Å². The number of nitrogens with one attached hydrogen (secondary N) is 4. The van der Waals surface area contributed by atoms with E-state index >= 15 is 0 Å². The topological polar surface area (TPSA) is 126 Å². The van der Waals surface area contributed by atoms with Crippen LogP contribution in [0, 0.1) is 13.8 Å². The van der Waals surface area contributed by atoms with Gasteiger partial charge < -0.3 is 20.7 Å². The fourth-order valence-electron chi connectivity index (χ4n) is 2.67. The van der Waals surface area contributed by atoms with E-state index in [0.29, 0.717) is 12.2 Å². The largest absolute Gasteiger partial charge is 0.452 e. The van der Waals surface area contributed by atoms with Crippen LogP contribution < -0.4 is 21.3 Å². The first-order chi connectivity index (χ1) is 15.2. The summed E-state index contributed by atoms with van der Waals surface area (Å²) in [7, 11) is 0. The van der Waals surface area contributed by atoms with Crippen LogP contribution >= 0.6 is 0 Å². The van der Waals surface area contributed by atoms with Crippen molar-refractivity contribution in [3.8, 4) is 0 Å². The van der Waals surface area contributed by atoms with E-state index in [1.54, 1.807) is 24.3 Å². The monoisotopic (exact) mass is 440 g/mol. The first kappa shape index (κ1) is 24.4. The number of hydrogen-bond acceptors (Lipinski definition) is 5. The minimum absolute atomic E-state index is 0.0297. The molecule has 9 heteroatoms. The average Bonchev–Trinajstić information content (AvgIpc) is 2.73. The Morgan fingerprint density at radius 2 is 1.62 bits per heavy atom. The number of anilines is 1. The summed E-state index contributed by atoms with van der Waals surface area (Å²) in [6, 6.07) is 10.9.